The van der Waals surface area contributed by atoms with E-state index in [1.54, 1.807) is 0 Å². The van der Waals surface area contributed by atoms with Crippen molar-refractivity contribution in [3.8, 4) is 0 Å². The van der Waals surface area contributed by atoms with Gasteiger partial charge in [-0.15, -0.1) is 11.8 Å². The Hall–Kier alpha value is -5.53. The molecule has 0 radical (unpaired) electrons. The van der Waals surface area contributed by atoms with E-state index in [0.29, 0.717) is 31.5 Å². The zero-order valence-electron chi connectivity index (χ0n) is 35.9. The maximum absolute atomic E-state index is 13.8. The minimum atomic E-state index is -2.29. The van der Waals surface area contributed by atoms with E-state index in [9.17, 15) is 89.1 Å². The van der Waals surface area contributed by atoms with E-state index in [1.165, 1.54) is 0 Å². The fourth-order valence-corrected chi connectivity index (χ4v) is 7.80. The lowest BCUT2D eigenvalue weighted by atomic mass is 10.00. The van der Waals surface area contributed by atoms with Gasteiger partial charge < -0.3 is 52.5 Å². The monoisotopic (exact) mass is 950 g/mol. The number of thioether (sulfide) groups is 1. The minimum absolute atomic E-state index is 0.0572. The van der Waals surface area contributed by atoms with E-state index < -0.39 is 124 Å². The minimum Gasteiger partial charge on any atom is -0.480 e. The summed E-state index contributed by atoms with van der Waals surface area (Å²) in [6, 6.07) is -7.79. The molecule has 366 valence electrons. The molecule has 0 aromatic carbocycles. The third kappa shape index (κ3) is 16.1. The van der Waals surface area contributed by atoms with Gasteiger partial charge in [0.1, 0.15) is 29.6 Å². The fraction of sp³-hybridized carbons (Fsp3) is 0.667. The van der Waals surface area contributed by atoms with Crippen LogP contribution in [-0.2, 0) is 45.4 Å². The maximum Gasteiger partial charge on any atom is 0.331 e. The number of carboxylic acid groups (broad SMARTS) is 1. The molecular formula is C36H58N10O18S. The number of carbonyl (C=O) groups excluding carboxylic acids is 7. The smallest absolute Gasteiger partial charge is 0.331 e. The predicted octanol–water partition coefficient (Wildman–Crippen LogP) is -6.36. The lowest BCUT2D eigenvalue weighted by Crippen LogP contribution is -2.61. The molecule has 1 fully saturated rings. The predicted molar refractivity (Wildman–Crippen MR) is 220 cm³/mol. The Morgan fingerprint density at radius 3 is 1.60 bits per heavy atom. The maximum atomic E-state index is 13.8. The fourth-order valence-electron chi connectivity index (χ4n) is 6.23. The van der Waals surface area contributed by atoms with E-state index in [2.05, 4.69) is 16.0 Å². The van der Waals surface area contributed by atoms with Gasteiger partial charge in [0.25, 0.3) is 5.56 Å². The van der Waals surface area contributed by atoms with Crippen molar-refractivity contribution in [3.63, 3.8) is 0 Å². The molecule has 1 aliphatic heterocycles. The second-order valence-corrected chi connectivity index (χ2v) is 16.3. The lowest BCUT2D eigenvalue weighted by Gasteiger charge is -2.29. The molecule has 28 nitrogen and oxygen atoms in total. The molecule has 7 amide bonds. The number of carbonyl (C=O) groups is 8. The molecule has 0 bridgehead atoms. The molecule has 1 aliphatic rings. The molecule has 10 atom stereocenters. The Morgan fingerprint density at radius 1 is 0.723 bits per heavy atom. The van der Waals surface area contributed by atoms with Crippen LogP contribution in [0.1, 0.15) is 64.7 Å². The van der Waals surface area contributed by atoms with Crippen LogP contribution in [-0.4, -0.2) is 193 Å². The summed E-state index contributed by atoms with van der Waals surface area (Å²) in [4.78, 5) is 125. The first-order valence-electron chi connectivity index (χ1n) is 20.0. The average molecular weight is 951 g/mol. The lowest BCUT2D eigenvalue weighted by molar-refractivity contribution is -0.163. The first-order chi connectivity index (χ1) is 30.3. The van der Waals surface area contributed by atoms with E-state index in [1.807, 2.05) is 5.32 Å². The molecule has 2 heterocycles. The summed E-state index contributed by atoms with van der Waals surface area (Å²) in [5.74, 6) is -8.65. The highest BCUT2D eigenvalue weighted by molar-refractivity contribution is 8.00. The molecule has 65 heavy (non-hydrogen) atoms. The molecule has 2 rings (SSSR count). The summed E-state index contributed by atoms with van der Waals surface area (Å²) in [5.41, 5.74) is 4.37. The molecular weight excluding hydrogens is 893 g/mol. The summed E-state index contributed by atoms with van der Waals surface area (Å²) in [6.07, 6.45) is -5.87. The Morgan fingerprint density at radius 2 is 1.15 bits per heavy atom. The SMILES string of the molecule is CC(=O)N(O)CCCC(N)C(=O)NC(CCCN(O)C(C)=O)C(=O)NC(CCCN(O)C(C)=O)C(=O)NC(CO)C(=O)NC(C(=O)O)C(O)[C@H]1S[C@@H](n2ccc(=O)n(C)c2=O)[C@H](O)[C@@H]1O. The summed E-state index contributed by atoms with van der Waals surface area (Å²) in [6.45, 7) is 1.11. The molecule has 0 saturated carbocycles. The van der Waals surface area contributed by atoms with Gasteiger partial charge in [-0.1, -0.05) is 0 Å². The van der Waals surface area contributed by atoms with Gasteiger partial charge in [0, 0.05) is 59.7 Å². The van der Waals surface area contributed by atoms with Crippen LogP contribution in [0, 0.1) is 0 Å². The molecule has 14 N–H and O–H groups in total. The second kappa shape index (κ2) is 25.8. The highest BCUT2D eigenvalue weighted by Crippen LogP contribution is 2.43. The normalized spacial score (nSPS) is 19.6. The Labute approximate surface area is 374 Å². The number of nitrogens with one attached hydrogen (secondary N) is 4. The van der Waals surface area contributed by atoms with Crippen molar-refractivity contribution in [1.29, 1.82) is 0 Å². The number of aliphatic hydroxyl groups is 4. The quantitative estimate of drug-likeness (QED) is 0.0320. The third-order valence-electron chi connectivity index (χ3n) is 10.1. The molecule has 0 spiro atoms. The molecule has 6 unspecified atom stereocenters. The number of hydroxylamine groups is 6. The third-order valence-corrected chi connectivity index (χ3v) is 11.8. The van der Waals surface area contributed by atoms with Crippen LogP contribution in [0.15, 0.2) is 21.9 Å². The molecule has 1 saturated heterocycles. The zero-order valence-corrected chi connectivity index (χ0v) is 36.7. The number of nitrogens with two attached hydrogens (primary N) is 1. The van der Waals surface area contributed by atoms with Crippen LogP contribution in [0.5, 0.6) is 0 Å². The number of aromatic nitrogens is 2. The van der Waals surface area contributed by atoms with Gasteiger partial charge in [-0.05, 0) is 38.5 Å². The number of nitrogens with zero attached hydrogens (tertiary/aromatic N) is 5. The Balaban J connectivity index is 2.33. The zero-order chi connectivity index (χ0) is 49.5. The van der Waals surface area contributed by atoms with Crippen LogP contribution in [0.2, 0.25) is 0 Å². The van der Waals surface area contributed by atoms with Crippen molar-refractivity contribution in [3.05, 3.63) is 33.1 Å². The second-order valence-electron chi connectivity index (χ2n) is 15.0. The largest absolute Gasteiger partial charge is 0.480 e. The van der Waals surface area contributed by atoms with Gasteiger partial charge in [-0.3, -0.25) is 63.1 Å². The van der Waals surface area contributed by atoms with Crippen molar-refractivity contribution in [2.75, 3.05) is 26.2 Å². The Kier molecular flexibility index (Phi) is 22.1. The number of aliphatic hydroxyl groups excluding tert-OH is 4. The van der Waals surface area contributed by atoms with Crippen LogP contribution in [0.25, 0.3) is 0 Å². The summed E-state index contributed by atoms with van der Waals surface area (Å²) < 4.78 is 1.57. The number of aliphatic carboxylic acids is 1. The van der Waals surface area contributed by atoms with Gasteiger partial charge in [-0.25, -0.2) is 24.8 Å². The van der Waals surface area contributed by atoms with Gasteiger partial charge >= 0.3 is 11.7 Å². The topological polar surface area (TPSA) is 426 Å². The van der Waals surface area contributed by atoms with Crippen LogP contribution < -0.4 is 38.2 Å². The van der Waals surface area contributed by atoms with Crippen LogP contribution in [0.3, 0.4) is 0 Å². The van der Waals surface area contributed by atoms with Crippen molar-refractivity contribution < 1.29 is 79.5 Å². The van der Waals surface area contributed by atoms with Gasteiger partial charge in [0.05, 0.1) is 30.1 Å². The first-order valence-corrected chi connectivity index (χ1v) is 21.0. The number of hydrogen-bond donors (Lipinski definition) is 13. The van der Waals surface area contributed by atoms with Gasteiger partial charge in [-0.2, -0.15) is 0 Å². The highest BCUT2D eigenvalue weighted by Gasteiger charge is 2.50. The first kappa shape index (κ1) is 55.6. The standard InChI is InChI=1S/C36H58N10O18S/c1-17(48)44(62)12-5-8-20(37)30(55)38-21(9-6-13-45(63)18(2)49)31(56)39-22(10-7-14-46(64)19(3)50)32(57)40-23(16-47)33(58)41-25(35(59)60)26(52)29-27(53)28(54)34(65-29)43-15-11-24(51)42(4)36(43)61/h11,15,20-23,25-29,34,47,52-54,62-64H,5-10,12-14,16,37H2,1-4H3,(H,38,55)(H,39,56)(H,40,57)(H,41,58)(H,59,60)/t20?,21?,22?,23?,25?,26?,27-,28+,29+,34+/m0/s1. The van der Waals surface area contributed by atoms with Gasteiger partial charge in [0.15, 0.2) is 6.04 Å². The average Bonchev–Trinajstić information content (AvgIpc) is 3.54. The van der Waals surface area contributed by atoms with Crippen molar-refractivity contribution in [2.45, 2.75) is 118 Å². The van der Waals surface area contributed by atoms with E-state index in [0.717, 1.165) is 44.6 Å². The van der Waals surface area contributed by atoms with Crippen molar-refractivity contribution in [1.82, 2.24) is 45.6 Å². The van der Waals surface area contributed by atoms with Crippen LogP contribution >= 0.6 is 11.8 Å². The van der Waals surface area contributed by atoms with Crippen molar-refractivity contribution >= 4 is 59.1 Å². The number of amides is 7. The summed E-state index contributed by atoms with van der Waals surface area (Å²) in [5, 5.41) is 89.1. The van der Waals surface area contributed by atoms with E-state index in [-0.39, 0.29) is 58.2 Å². The summed E-state index contributed by atoms with van der Waals surface area (Å²) in [7, 11) is 1.14. The summed E-state index contributed by atoms with van der Waals surface area (Å²) >= 11 is 0.552. The number of hydrogen-bond acceptors (Lipinski definition) is 19. The highest BCUT2D eigenvalue weighted by atomic mass is 32.2. The molecule has 0 aliphatic carbocycles. The number of rotatable bonds is 25. The van der Waals surface area contributed by atoms with E-state index >= 15 is 0 Å². The molecule has 29 heteroatoms. The van der Waals surface area contributed by atoms with Crippen molar-refractivity contribution in [2.24, 2.45) is 12.8 Å². The van der Waals surface area contributed by atoms with Crippen LogP contribution in [0.4, 0.5) is 0 Å². The van der Waals surface area contributed by atoms with E-state index in [4.69, 9.17) is 5.73 Å². The molecule has 1 aromatic heterocycles. The molecule has 1 aromatic rings. The number of carboxylic acids is 1. The Bertz CT molecular complexity index is 1990. The van der Waals surface area contributed by atoms with Gasteiger partial charge in [0.2, 0.25) is 41.4 Å².